The van der Waals surface area contributed by atoms with Gasteiger partial charge in [-0.25, -0.2) is 4.98 Å². The normalized spacial score (nSPS) is 10.4. The molecular formula is C15H23N3. The highest BCUT2D eigenvalue weighted by molar-refractivity contribution is 5.43. The number of aromatic nitrogens is 1. The van der Waals surface area contributed by atoms with E-state index in [2.05, 4.69) is 49.1 Å². The highest BCUT2D eigenvalue weighted by atomic mass is 15.2. The molecule has 0 radical (unpaired) electrons. The number of hydrogen-bond donors (Lipinski definition) is 1. The second-order valence-electron chi connectivity index (χ2n) is 4.75. The molecule has 0 unspecified atom stereocenters. The van der Waals surface area contributed by atoms with Gasteiger partial charge < -0.3 is 10.2 Å². The topological polar surface area (TPSA) is 28.2 Å². The summed E-state index contributed by atoms with van der Waals surface area (Å²) in [5.41, 5.74) is 2.37. The van der Waals surface area contributed by atoms with Gasteiger partial charge in [-0.2, -0.15) is 0 Å². The molecule has 3 heteroatoms. The number of anilines is 1. The highest BCUT2D eigenvalue weighted by Gasteiger charge is 2.08. The summed E-state index contributed by atoms with van der Waals surface area (Å²) in [5.74, 6) is 4.02. The Bertz CT molecular complexity index is 418. The Hall–Kier alpha value is -1.53. The zero-order valence-electron chi connectivity index (χ0n) is 11.8. The lowest BCUT2D eigenvalue weighted by Gasteiger charge is -2.18. The summed E-state index contributed by atoms with van der Waals surface area (Å²) in [4.78, 5) is 6.66. The summed E-state index contributed by atoms with van der Waals surface area (Å²) in [6.45, 7) is 8.84. The monoisotopic (exact) mass is 245 g/mol. The van der Waals surface area contributed by atoms with E-state index in [1.807, 2.05) is 11.9 Å². The third-order valence-corrected chi connectivity index (χ3v) is 2.78. The first-order chi connectivity index (χ1) is 8.58. The van der Waals surface area contributed by atoms with Gasteiger partial charge in [0.1, 0.15) is 5.82 Å². The molecule has 0 fully saturated rings. The fraction of sp³-hybridized carbons (Fsp3) is 0.533. The number of nitrogens with one attached hydrogen (secondary N) is 1. The SMILES string of the molecule is C#CCN(C)c1cc(CNCC)cc(C(C)C)n1. The molecule has 1 aromatic rings. The third kappa shape index (κ3) is 4.05. The highest BCUT2D eigenvalue weighted by Crippen LogP contribution is 2.19. The number of hydrogen-bond acceptors (Lipinski definition) is 3. The lowest BCUT2D eigenvalue weighted by atomic mass is 10.1. The van der Waals surface area contributed by atoms with Crippen molar-refractivity contribution < 1.29 is 0 Å². The molecule has 0 atom stereocenters. The zero-order valence-corrected chi connectivity index (χ0v) is 11.8. The lowest BCUT2D eigenvalue weighted by molar-refractivity contribution is 0.719. The molecule has 18 heavy (non-hydrogen) atoms. The molecule has 98 valence electrons. The van der Waals surface area contributed by atoms with Crippen LogP contribution < -0.4 is 10.2 Å². The molecule has 1 aromatic heterocycles. The van der Waals surface area contributed by atoms with Crippen LogP contribution in [0.3, 0.4) is 0 Å². The molecule has 1 rings (SSSR count). The van der Waals surface area contributed by atoms with Crippen molar-refractivity contribution in [3.63, 3.8) is 0 Å². The van der Waals surface area contributed by atoms with E-state index < -0.39 is 0 Å². The van der Waals surface area contributed by atoms with E-state index in [1.165, 1.54) is 5.56 Å². The van der Waals surface area contributed by atoms with Gasteiger partial charge in [0.2, 0.25) is 0 Å². The maximum atomic E-state index is 5.35. The standard InChI is InChI=1S/C15H23N3/c1-6-8-18(5)15-10-13(11-16-7-2)9-14(17-15)12(3)4/h1,9-10,12,16H,7-8,11H2,2-5H3. The van der Waals surface area contributed by atoms with Crippen LogP contribution in [0.2, 0.25) is 0 Å². The van der Waals surface area contributed by atoms with Crippen molar-refractivity contribution in [1.29, 1.82) is 0 Å². The van der Waals surface area contributed by atoms with Gasteiger partial charge in [-0.05, 0) is 30.2 Å². The van der Waals surface area contributed by atoms with Crippen LogP contribution in [-0.2, 0) is 6.54 Å². The van der Waals surface area contributed by atoms with Crippen LogP contribution in [0.5, 0.6) is 0 Å². The smallest absolute Gasteiger partial charge is 0.129 e. The molecule has 1 heterocycles. The fourth-order valence-electron chi connectivity index (χ4n) is 1.67. The third-order valence-electron chi connectivity index (χ3n) is 2.78. The van der Waals surface area contributed by atoms with Gasteiger partial charge in [0.25, 0.3) is 0 Å². The molecule has 0 amide bonds. The van der Waals surface area contributed by atoms with Crippen LogP contribution in [0.25, 0.3) is 0 Å². The summed E-state index contributed by atoms with van der Waals surface area (Å²) in [6, 6.07) is 4.27. The van der Waals surface area contributed by atoms with Crippen molar-refractivity contribution in [1.82, 2.24) is 10.3 Å². The molecular weight excluding hydrogens is 222 g/mol. The van der Waals surface area contributed by atoms with Crippen molar-refractivity contribution in [3.05, 3.63) is 23.4 Å². The Morgan fingerprint density at radius 2 is 2.17 bits per heavy atom. The first kappa shape index (κ1) is 14.5. The first-order valence-corrected chi connectivity index (χ1v) is 6.44. The van der Waals surface area contributed by atoms with Gasteiger partial charge in [0.15, 0.2) is 0 Å². The maximum Gasteiger partial charge on any atom is 0.129 e. The summed E-state index contributed by atoms with van der Waals surface area (Å²) in [7, 11) is 1.98. The number of nitrogens with zero attached hydrogens (tertiary/aromatic N) is 2. The molecule has 0 aromatic carbocycles. The minimum Gasteiger partial charge on any atom is -0.349 e. The Kier molecular flexibility index (Phi) is 5.67. The summed E-state index contributed by atoms with van der Waals surface area (Å²) < 4.78 is 0. The average Bonchev–Trinajstić information content (AvgIpc) is 2.36. The molecule has 0 saturated heterocycles. The molecule has 0 spiro atoms. The van der Waals surface area contributed by atoms with Crippen molar-refractivity contribution in [3.8, 4) is 12.3 Å². The predicted molar refractivity (Wildman–Crippen MR) is 77.8 cm³/mol. The van der Waals surface area contributed by atoms with E-state index in [0.29, 0.717) is 12.5 Å². The fourth-order valence-corrected chi connectivity index (χ4v) is 1.67. The molecule has 0 bridgehead atoms. The molecule has 3 nitrogen and oxygen atoms in total. The van der Waals surface area contributed by atoms with E-state index in [0.717, 1.165) is 24.6 Å². The van der Waals surface area contributed by atoms with Crippen LogP contribution in [0.1, 0.15) is 37.9 Å². The molecule has 0 saturated carbocycles. The number of terminal acetylenes is 1. The molecule has 0 aliphatic rings. The number of pyridine rings is 1. The van der Waals surface area contributed by atoms with Crippen LogP contribution >= 0.6 is 0 Å². The zero-order chi connectivity index (χ0) is 13.5. The Morgan fingerprint density at radius 1 is 1.44 bits per heavy atom. The van der Waals surface area contributed by atoms with Crippen molar-refractivity contribution in [2.75, 3.05) is 25.0 Å². The van der Waals surface area contributed by atoms with Crippen molar-refractivity contribution >= 4 is 5.82 Å². The van der Waals surface area contributed by atoms with Crippen LogP contribution in [0.15, 0.2) is 12.1 Å². The van der Waals surface area contributed by atoms with Crippen LogP contribution in [0, 0.1) is 12.3 Å². The van der Waals surface area contributed by atoms with Crippen molar-refractivity contribution in [2.45, 2.75) is 33.2 Å². The van der Waals surface area contributed by atoms with E-state index >= 15 is 0 Å². The van der Waals surface area contributed by atoms with Crippen LogP contribution in [-0.4, -0.2) is 25.1 Å². The van der Waals surface area contributed by atoms with Gasteiger partial charge in [-0.1, -0.05) is 26.7 Å². The van der Waals surface area contributed by atoms with E-state index in [4.69, 9.17) is 6.42 Å². The van der Waals surface area contributed by atoms with Crippen LogP contribution in [0.4, 0.5) is 5.82 Å². The number of rotatable bonds is 6. The van der Waals surface area contributed by atoms with E-state index in [9.17, 15) is 0 Å². The summed E-state index contributed by atoms with van der Waals surface area (Å²) in [6.07, 6.45) is 5.35. The van der Waals surface area contributed by atoms with E-state index in [-0.39, 0.29) is 0 Å². The Labute approximate surface area is 111 Å². The molecule has 0 aliphatic carbocycles. The van der Waals surface area contributed by atoms with E-state index in [1.54, 1.807) is 0 Å². The summed E-state index contributed by atoms with van der Waals surface area (Å²) in [5, 5.41) is 3.34. The molecule has 1 N–H and O–H groups in total. The summed E-state index contributed by atoms with van der Waals surface area (Å²) >= 11 is 0. The first-order valence-electron chi connectivity index (χ1n) is 6.44. The molecule has 0 aliphatic heterocycles. The van der Waals surface area contributed by atoms with Crippen molar-refractivity contribution in [2.24, 2.45) is 0 Å². The lowest BCUT2D eigenvalue weighted by Crippen LogP contribution is -2.20. The quantitative estimate of drug-likeness (QED) is 0.780. The predicted octanol–water partition coefficient (Wildman–Crippen LogP) is 2.38. The second-order valence-corrected chi connectivity index (χ2v) is 4.75. The van der Waals surface area contributed by atoms with Gasteiger partial charge >= 0.3 is 0 Å². The minimum atomic E-state index is 0.421. The Balaban J connectivity index is 3.02. The minimum absolute atomic E-state index is 0.421. The Morgan fingerprint density at radius 3 is 2.72 bits per heavy atom. The second kappa shape index (κ2) is 7.03. The average molecular weight is 245 g/mol. The maximum absolute atomic E-state index is 5.35. The van der Waals surface area contributed by atoms with Gasteiger partial charge in [0.05, 0.1) is 6.54 Å². The van der Waals surface area contributed by atoms with Gasteiger partial charge in [-0.3, -0.25) is 0 Å². The van der Waals surface area contributed by atoms with Gasteiger partial charge in [0, 0.05) is 19.3 Å². The van der Waals surface area contributed by atoms with Gasteiger partial charge in [-0.15, -0.1) is 6.42 Å². The largest absolute Gasteiger partial charge is 0.349 e.